The topological polar surface area (TPSA) is 34.1 Å². The van der Waals surface area contributed by atoms with Gasteiger partial charge < -0.3 is 20.0 Å². The molecule has 0 atom stereocenters. The van der Waals surface area contributed by atoms with Crippen LogP contribution in [-0.2, 0) is 0 Å². The Hall–Kier alpha value is -0.810. The molecule has 0 bridgehead atoms. The largest absolute Gasteiger partial charge is 0.357 e. The lowest BCUT2D eigenvalue weighted by atomic mass is 10.2. The van der Waals surface area contributed by atoms with Crippen molar-refractivity contribution in [3.63, 3.8) is 0 Å². The summed E-state index contributed by atoms with van der Waals surface area (Å²) in [4.78, 5) is 12.2. The summed E-state index contributed by atoms with van der Waals surface area (Å²) in [6, 6.07) is 0. The predicted molar refractivity (Wildman–Crippen MR) is 101 cm³/mol. The highest BCUT2D eigenvalue weighted by atomic mass is 15.3. The van der Waals surface area contributed by atoms with Gasteiger partial charge in [0.1, 0.15) is 0 Å². The van der Waals surface area contributed by atoms with Gasteiger partial charge in [0.15, 0.2) is 5.96 Å². The molecule has 0 aromatic heterocycles. The van der Waals surface area contributed by atoms with Crippen LogP contribution in [0.3, 0.4) is 0 Å². The lowest BCUT2D eigenvalue weighted by molar-refractivity contribution is 0.136. The molecule has 0 unspecified atom stereocenters. The maximum absolute atomic E-state index is 4.78. The van der Waals surface area contributed by atoms with Gasteiger partial charge in [-0.25, -0.2) is 0 Å². The second-order valence-electron chi connectivity index (χ2n) is 6.49. The molecule has 136 valence electrons. The maximum Gasteiger partial charge on any atom is 0.193 e. The highest BCUT2D eigenvalue weighted by Crippen LogP contribution is 2.03. The zero-order valence-corrected chi connectivity index (χ0v) is 16.0. The minimum Gasteiger partial charge on any atom is -0.357 e. The number of guanidine groups is 1. The van der Waals surface area contributed by atoms with Gasteiger partial charge in [0.25, 0.3) is 0 Å². The SMILES string of the molecule is CCCCN(C)C(=NCCCCN1CCN(CC)CC1)NCC. The minimum absolute atomic E-state index is 0.938. The summed E-state index contributed by atoms with van der Waals surface area (Å²) < 4.78 is 0. The van der Waals surface area contributed by atoms with Crippen LogP contribution in [0.15, 0.2) is 4.99 Å². The first kappa shape index (κ1) is 20.2. The third kappa shape index (κ3) is 8.56. The van der Waals surface area contributed by atoms with Crippen molar-refractivity contribution in [2.45, 2.75) is 46.5 Å². The van der Waals surface area contributed by atoms with Gasteiger partial charge >= 0.3 is 0 Å². The molecule has 23 heavy (non-hydrogen) atoms. The molecular weight excluding hydrogens is 286 g/mol. The molecule has 0 saturated carbocycles. The lowest BCUT2D eigenvalue weighted by Crippen LogP contribution is -2.46. The monoisotopic (exact) mass is 325 g/mol. The van der Waals surface area contributed by atoms with Crippen molar-refractivity contribution < 1.29 is 0 Å². The van der Waals surface area contributed by atoms with Crippen molar-refractivity contribution in [3.05, 3.63) is 0 Å². The summed E-state index contributed by atoms with van der Waals surface area (Å²) in [5.41, 5.74) is 0. The van der Waals surface area contributed by atoms with Gasteiger partial charge in [-0.15, -0.1) is 0 Å². The van der Waals surface area contributed by atoms with E-state index >= 15 is 0 Å². The highest BCUT2D eigenvalue weighted by Gasteiger charge is 2.14. The molecule has 5 nitrogen and oxygen atoms in total. The van der Waals surface area contributed by atoms with E-state index in [0.717, 1.165) is 25.6 Å². The van der Waals surface area contributed by atoms with E-state index in [1.807, 2.05) is 0 Å². The number of nitrogens with zero attached hydrogens (tertiary/aromatic N) is 4. The van der Waals surface area contributed by atoms with Crippen LogP contribution in [-0.4, -0.2) is 86.6 Å². The average Bonchev–Trinajstić information content (AvgIpc) is 2.59. The van der Waals surface area contributed by atoms with Crippen LogP contribution < -0.4 is 5.32 Å². The minimum atomic E-state index is 0.938. The summed E-state index contributed by atoms with van der Waals surface area (Å²) in [7, 11) is 2.14. The molecule has 1 fully saturated rings. The third-order valence-corrected chi connectivity index (χ3v) is 4.60. The fraction of sp³-hybridized carbons (Fsp3) is 0.944. The summed E-state index contributed by atoms with van der Waals surface area (Å²) >= 11 is 0. The maximum atomic E-state index is 4.78. The second-order valence-corrected chi connectivity index (χ2v) is 6.49. The molecule has 1 aliphatic rings. The van der Waals surface area contributed by atoms with Crippen molar-refractivity contribution in [1.29, 1.82) is 0 Å². The van der Waals surface area contributed by atoms with E-state index in [9.17, 15) is 0 Å². The molecule has 1 rings (SSSR count). The molecule has 1 heterocycles. The van der Waals surface area contributed by atoms with E-state index in [2.05, 4.69) is 47.8 Å². The molecule has 1 aliphatic heterocycles. The Morgan fingerprint density at radius 2 is 1.70 bits per heavy atom. The van der Waals surface area contributed by atoms with Gasteiger partial charge in [0, 0.05) is 52.9 Å². The number of hydrogen-bond donors (Lipinski definition) is 1. The van der Waals surface area contributed by atoms with E-state index in [4.69, 9.17) is 4.99 Å². The number of rotatable bonds is 10. The molecule has 0 aliphatic carbocycles. The molecule has 0 spiro atoms. The second kappa shape index (κ2) is 12.6. The Labute approximate surface area is 144 Å². The van der Waals surface area contributed by atoms with Gasteiger partial charge in [0.05, 0.1) is 0 Å². The zero-order valence-electron chi connectivity index (χ0n) is 16.0. The van der Waals surface area contributed by atoms with E-state index in [-0.39, 0.29) is 0 Å². The zero-order chi connectivity index (χ0) is 16.9. The molecule has 0 radical (unpaired) electrons. The van der Waals surface area contributed by atoms with E-state index < -0.39 is 0 Å². The van der Waals surface area contributed by atoms with Gasteiger partial charge in [-0.05, 0) is 39.3 Å². The van der Waals surface area contributed by atoms with Crippen LogP contribution in [0, 0.1) is 0 Å². The Kier molecular flexibility index (Phi) is 11.1. The number of hydrogen-bond acceptors (Lipinski definition) is 3. The Morgan fingerprint density at radius 3 is 2.30 bits per heavy atom. The number of aliphatic imine (C=N–C) groups is 1. The Balaban J connectivity index is 2.19. The fourth-order valence-electron chi connectivity index (χ4n) is 2.93. The predicted octanol–water partition coefficient (Wildman–Crippen LogP) is 2.10. The molecule has 1 N–H and O–H groups in total. The van der Waals surface area contributed by atoms with Crippen molar-refractivity contribution in [1.82, 2.24) is 20.0 Å². The molecule has 0 amide bonds. The molecule has 0 aromatic rings. The van der Waals surface area contributed by atoms with Crippen LogP contribution in [0.2, 0.25) is 0 Å². The van der Waals surface area contributed by atoms with Crippen molar-refractivity contribution >= 4 is 5.96 Å². The molecule has 0 aromatic carbocycles. The molecule has 5 heteroatoms. The van der Waals surface area contributed by atoms with E-state index in [1.165, 1.54) is 65.0 Å². The normalized spacial score (nSPS) is 17.5. The van der Waals surface area contributed by atoms with Crippen LogP contribution >= 0.6 is 0 Å². The first-order valence-corrected chi connectivity index (χ1v) is 9.65. The van der Waals surface area contributed by atoms with Crippen molar-refractivity contribution in [3.8, 4) is 0 Å². The fourth-order valence-corrected chi connectivity index (χ4v) is 2.93. The van der Waals surface area contributed by atoms with Crippen molar-refractivity contribution in [2.24, 2.45) is 4.99 Å². The van der Waals surface area contributed by atoms with Gasteiger partial charge in [-0.1, -0.05) is 20.3 Å². The smallest absolute Gasteiger partial charge is 0.193 e. The van der Waals surface area contributed by atoms with Gasteiger partial charge in [0.2, 0.25) is 0 Å². The number of nitrogens with one attached hydrogen (secondary N) is 1. The Bertz CT molecular complexity index is 311. The van der Waals surface area contributed by atoms with Crippen molar-refractivity contribution in [2.75, 3.05) is 66.0 Å². The van der Waals surface area contributed by atoms with Gasteiger partial charge in [-0.2, -0.15) is 0 Å². The first-order valence-electron chi connectivity index (χ1n) is 9.65. The lowest BCUT2D eigenvalue weighted by Gasteiger charge is -2.33. The van der Waals surface area contributed by atoms with Crippen LogP contribution in [0.1, 0.15) is 46.5 Å². The van der Waals surface area contributed by atoms with Crippen LogP contribution in [0.25, 0.3) is 0 Å². The van der Waals surface area contributed by atoms with E-state index in [0.29, 0.717) is 0 Å². The standard InChI is InChI=1S/C18H39N5/c1-5-8-12-21(4)18(19-6-2)20-11-9-10-13-23-16-14-22(7-3)15-17-23/h5-17H2,1-4H3,(H,19,20). The molecular formula is C18H39N5. The quantitative estimate of drug-likeness (QED) is 0.379. The summed E-state index contributed by atoms with van der Waals surface area (Å²) in [5.74, 6) is 1.07. The number of piperazine rings is 1. The van der Waals surface area contributed by atoms with Gasteiger partial charge in [-0.3, -0.25) is 4.99 Å². The Morgan fingerprint density at radius 1 is 1.00 bits per heavy atom. The van der Waals surface area contributed by atoms with E-state index in [1.54, 1.807) is 0 Å². The summed E-state index contributed by atoms with van der Waals surface area (Å²) in [6.07, 6.45) is 4.90. The number of unbranched alkanes of at least 4 members (excludes halogenated alkanes) is 2. The molecule has 1 saturated heterocycles. The third-order valence-electron chi connectivity index (χ3n) is 4.60. The van der Waals surface area contributed by atoms with Crippen LogP contribution in [0.4, 0.5) is 0 Å². The highest BCUT2D eigenvalue weighted by molar-refractivity contribution is 5.79. The summed E-state index contributed by atoms with van der Waals surface area (Å²) in [5, 5.41) is 3.40. The number of likely N-dealkylation sites (N-methyl/N-ethyl adjacent to an activating group) is 1. The summed E-state index contributed by atoms with van der Waals surface area (Å²) in [6.45, 7) is 17.0. The average molecular weight is 326 g/mol. The first-order chi connectivity index (χ1) is 11.2. The van der Waals surface area contributed by atoms with Crippen LogP contribution in [0.5, 0.6) is 0 Å².